The average Bonchev–Trinajstić information content (AvgIpc) is 2.63. The fraction of sp³-hybridized carbons (Fsp3) is 0.150. The molecule has 0 bridgehead atoms. The molecule has 0 spiro atoms. The van der Waals surface area contributed by atoms with Crippen molar-refractivity contribution in [2.75, 3.05) is 7.11 Å². The van der Waals surface area contributed by atoms with Crippen LogP contribution < -0.4 is 5.56 Å². The summed E-state index contributed by atoms with van der Waals surface area (Å²) in [5.74, 6) is -0.959. The number of nitrogens with zero attached hydrogens (tertiary/aromatic N) is 1. The Morgan fingerprint density at radius 1 is 1.12 bits per heavy atom. The van der Waals surface area contributed by atoms with Crippen molar-refractivity contribution in [3.63, 3.8) is 0 Å². The Hall–Kier alpha value is -2.92. The molecule has 2 aromatic carbocycles. The number of ether oxygens (including phenoxy) is 1. The molecule has 0 fully saturated rings. The topological polar surface area (TPSA) is 65.4 Å². The fourth-order valence-electron chi connectivity index (χ4n) is 3.01. The third-order valence-corrected chi connectivity index (χ3v) is 4.39. The van der Waals surface area contributed by atoms with Gasteiger partial charge in [0.1, 0.15) is 6.54 Å². The molecular formula is C20H16ClNO4. The second-order valence-corrected chi connectivity index (χ2v) is 6.24. The zero-order chi connectivity index (χ0) is 18.8. The third kappa shape index (κ3) is 3.13. The highest BCUT2D eigenvalue weighted by atomic mass is 35.5. The lowest BCUT2D eigenvalue weighted by atomic mass is 9.94. The summed E-state index contributed by atoms with van der Waals surface area (Å²) in [7, 11) is 1.25. The molecule has 5 nitrogen and oxygen atoms in total. The first-order chi connectivity index (χ1) is 12.4. The quantitative estimate of drug-likeness (QED) is 0.519. The van der Waals surface area contributed by atoms with E-state index in [2.05, 4.69) is 4.74 Å². The maximum Gasteiger partial charge on any atom is 0.325 e. The first-order valence-corrected chi connectivity index (χ1v) is 8.31. The Morgan fingerprint density at radius 3 is 2.42 bits per heavy atom. The summed E-state index contributed by atoms with van der Waals surface area (Å²) in [5.41, 5.74) is 1.24. The zero-order valence-electron chi connectivity index (χ0n) is 14.3. The molecule has 0 radical (unpaired) electrons. The highest BCUT2D eigenvalue weighted by Gasteiger charge is 2.22. The molecular weight excluding hydrogens is 354 g/mol. The zero-order valence-corrected chi connectivity index (χ0v) is 15.0. The van der Waals surface area contributed by atoms with Gasteiger partial charge in [-0.3, -0.25) is 19.0 Å². The molecule has 0 atom stereocenters. The van der Waals surface area contributed by atoms with Gasteiger partial charge in [0.15, 0.2) is 5.78 Å². The van der Waals surface area contributed by atoms with Crippen molar-refractivity contribution >= 4 is 34.3 Å². The van der Waals surface area contributed by atoms with Crippen LogP contribution in [0.2, 0.25) is 5.02 Å². The molecule has 1 aromatic heterocycles. The number of hydrogen-bond acceptors (Lipinski definition) is 4. The first kappa shape index (κ1) is 17.9. The lowest BCUT2D eigenvalue weighted by Crippen LogP contribution is -2.30. The molecule has 132 valence electrons. The Balaban J connectivity index is 2.50. The van der Waals surface area contributed by atoms with Crippen LogP contribution in [0.3, 0.4) is 0 Å². The van der Waals surface area contributed by atoms with Gasteiger partial charge in [0.05, 0.1) is 18.2 Å². The minimum absolute atomic E-state index is 0.0230. The molecule has 0 saturated carbocycles. The molecule has 26 heavy (non-hydrogen) atoms. The number of benzene rings is 2. The van der Waals surface area contributed by atoms with Crippen LogP contribution in [-0.4, -0.2) is 23.4 Å². The van der Waals surface area contributed by atoms with Crippen molar-refractivity contribution < 1.29 is 14.3 Å². The van der Waals surface area contributed by atoms with Crippen molar-refractivity contribution in [3.05, 3.63) is 69.5 Å². The van der Waals surface area contributed by atoms with Gasteiger partial charge in [-0.1, -0.05) is 41.9 Å². The van der Waals surface area contributed by atoms with Crippen LogP contribution in [0, 0.1) is 0 Å². The molecule has 0 N–H and O–H groups in total. The summed E-state index contributed by atoms with van der Waals surface area (Å²) >= 11 is 6.17. The Kier molecular flexibility index (Phi) is 4.91. The van der Waals surface area contributed by atoms with Gasteiger partial charge in [0, 0.05) is 16.0 Å². The van der Waals surface area contributed by atoms with Gasteiger partial charge in [-0.05, 0) is 30.7 Å². The highest BCUT2D eigenvalue weighted by molar-refractivity contribution is 6.31. The van der Waals surface area contributed by atoms with E-state index in [-0.39, 0.29) is 17.9 Å². The number of pyridine rings is 1. The predicted octanol–water partition coefficient (Wildman–Crippen LogP) is 3.70. The molecule has 0 aliphatic carbocycles. The number of Topliss-reactive ketones (excluding diaryl/α,β-unsaturated/α-hetero) is 1. The van der Waals surface area contributed by atoms with E-state index in [1.165, 1.54) is 18.6 Å². The predicted molar refractivity (Wildman–Crippen MR) is 101 cm³/mol. The molecule has 0 amide bonds. The molecule has 0 saturated heterocycles. The van der Waals surface area contributed by atoms with E-state index in [4.69, 9.17) is 11.6 Å². The molecule has 0 aliphatic heterocycles. The molecule has 1 heterocycles. The van der Waals surface area contributed by atoms with E-state index in [1.54, 1.807) is 18.2 Å². The second-order valence-electron chi connectivity index (χ2n) is 5.80. The lowest BCUT2D eigenvalue weighted by Gasteiger charge is -2.17. The van der Waals surface area contributed by atoms with Crippen molar-refractivity contribution in [3.8, 4) is 11.1 Å². The minimum atomic E-state index is -0.578. The van der Waals surface area contributed by atoms with Gasteiger partial charge < -0.3 is 4.74 Å². The number of methoxy groups -OCH3 is 1. The first-order valence-electron chi connectivity index (χ1n) is 7.93. The number of hydrogen-bond donors (Lipinski definition) is 0. The van der Waals surface area contributed by atoms with Crippen molar-refractivity contribution in [2.45, 2.75) is 13.5 Å². The van der Waals surface area contributed by atoms with Crippen molar-refractivity contribution in [1.82, 2.24) is 4.57 Å². The summed E-state index contributed by atoms with van der Waals surface area (Å²) in [6, 6.07) is 14.2. The number of carbonyl (C=O) groups excluding carboxylic acids is 2. The van der Waals surface area contributed by atoms with Crippen LogP contribution in [0.1, 0.15) is 17.3 Å². The van der Waals surface area contributed by atoms with Crippen LogP contribution in [0.25, 0.3) is 22.0 Å². The van der Waals surface area contributed by atoms with Crippen molar-refractivity contribution in [1.29, 1.82) is 0 Å². The number of halogens is 1. The van der Waals surface area contributed by atoms with Crippen LogP contribution in [0.4, 0.5) is 0 Å². The number of aromatic nitrogens is 1. The third-order valence-electron chi connectivity index (χ3n) is 4.16. The maximum atomic E-state index is 13.1. The maximum absolute atomic E-state index is 13.1. The van der Waals surface area contributed by atoms with Crippen LogP contribution >= 0.6 is 11.6 Å². The number of fused-ring (bicyclic) bond motifs is 1. The van der Waals surface area contributed by atoms with E-state index in [9.17, 15) is 14.4 Å². The largest absolute Gasteiger partial charge is 0.468 e. The monoisotopic (exact) mass is 369 g/mol. The normalized spacial score (nSPS) is 10.7. The molecule has 6 heteroatoms. The molecule has 0 unspecified atom stereocenters. The van der Waals surface area contributed by atoms with E-state index in [0.29, 0.717) is 21.5 Å². The van der Waals surface area contributed by atoms with E-state index in [1.807, 2.05) is 30.3 Å². The number of esters is 1. The van der Waals surface area contributed by atoms with Crippen LogP contribution in [-0.2, 0) is 16.1 Å². The minimum Gasteiger partial charge on any atom is -0.468 e. The summed E-state index contributed by atoms with van der Waals surface area (Å²) in [6.07, 6.45) is 0. The van der Waals surface area contributed by atoms with Gasteiger partial charge in [0.2, 0.25) is 0 Å². The smallest absolute Gasteiger partial charge is 0.325 e. The highest BCUT2D eigenvalue weighted by Crippen LogP contribution is 2.32. The molecule has 0 aliphatic rings. The van der Waals surface area contributed by atoms with E-state index < -0.39 is 11.5 Å². The van der Waals surface area contributed by atoms with Gasteiger partial charge in [0.25, 0.3) is 5.56 Å². The van der Waals surface area contributed by atoms with Crippen LogP contribution in [0.5, 0.6) is 0 Å². The van der Waals surface area contributed by atoms with E-state index >= 15 is 0 Å². The Morgan fingerprint density at radius 2 is 1.81 bits per heavy atom. The Labute approximate surface area is 154 Å². The summed E-state index contributed by atoms with van der Waals surface area (Å²) in [6.45, 7) is 1.05. The Bertz CT molecular complexity index is 1070. The SMILES string of the molecule is COC(=O)Cn1c(=O)c(C(C)=O)c(-c2ccccc2)c2cc(Cl)ccc21. The fourth-order valence-corrected chi connectivity index (χ4v) is 3.18. The number of carbonyl (C=O) groups is 2. The summed E-state index contributed by atoms with van der Waals surface area (Å²) < 4.78 is 5.94. The van der Waals surface area contributed by atoms with Gasteiger partial charge in [-0.2, -0.15) is 0 Å². The average molecular weight is 370 g/mol. The number of rotatable bonds is 4. The van der Waals surface area contributed by atoms with Crippen molar-refractivity contribution in [2.24, 2.45) is 0 Å². The van der Waals surface area contributed by atoms with Gasteiger partial charge in [-0.15, -0.1) is 0 Å². The van der Waals surface area contributed by atoms with Gasteiger partial charge >= 0.3 is 5.97 Å². The summed E-state index contributed by atoms with van der Waals surface area (Å²) in [4.78, 5) is 37.2. The number of ketones is 1. The lowest BCUT2D eigenvalue weighted by molar-refractivity contribution is -0.141. The van der Waals surface area contributed by atoms with E-state index in [0.717, 1.165) is 5.56 Å². The van der Waals surface area contributed by atoms with Gasteiger partial charge in [-0.25, -0.2) is 0 Å². The molecule has 3 rings (SSSR count). The second kappa shape index (κ2) is 7.14. The standard InChI is InChI=1S/C20H16ClNO4/c1-12(23)18-19(13-6-4-3-5-7-13)15-10-14(21)8-9-16(15)22(20(18)25)11-17(24)26-2/h3-10H,11H2,1-2H3. The summed E-state index contributed by atoms with van der Waals surface area (Å²) in [5, 5.41) is 1.09. The van der Waals surface area contributed by atoms with Crippen LogP contribution in [0.15, 0.2) is 53.3 Å². The molecule has 3 aromatic rings.